The van der Waals surface area contributed by atoms with Gasteiger partial charge in [-0.15, -0.1) is 5.10 Å². The highest BCUT2D eigenvalue weighted by Gasteiger charge is 2.12. The summed E-state index contributed by atoms with van der Waals surface area (Å²) in [4.78, 5) is 11.7. The number of amides is 1. The number of nitrogens with one attached hydrogen (secondary N) is 1. The summed E-state index contributed by atoms with van der Waals surface area (Å²) >= 11 is 0. The van der Waals surface area contributed by atoms with Crippen LogP contribution in [0.1, 0.15) is 5.69 Å². The van der Waals surface area contributed by atoms with E-state index in [-0.39, 0.29) is 13.2 Å². The Labute approximate surface area is 113 Å². The van der Waals surface area contributed by atoms with E-state index in [1.807, 2.05) is 0 Å². The molecule has 0 saturated carbocycles. The van der Waals surface area contributed by atoms with Gasteiger partial charge in [-0.2, -0.15) is 0 Å². The lowest BCUT2D eigenvalue weighted by atomic mass is 10.3. The fourth-order valence-electron chi connectivity index (χ4n) is 1.59. The van der Waals surface area contributed by atoms with Gasteiger partial charge < -0.3 is 10.4 Å². The van der Waals surface area contributed by atoms with Gasteiger partial charge in [0, 0.05) is 19.2 Å². The first-order valence-corrected chi connectivity index (χ1v) is 5.84. The third-order valence-electron chi connectivity index (χ3n) is 2.49. The summed E-state index contributed by atoms with van der Waals surface area (Å²) < 4.78 is 27.9. The van der Waals surface area contributed by atoms with Gasteiger partial charge in [0.05, 0.1) is 5.69 Å². The van der Waals surface area contributed by atoms with Crippen molar-refractivity contribution in [2.75, 3.05) is 11.9 Å². The number of rotatable bonds is 5. The van der Waals surface area contributed by atoms with Crippen molar-refractivity contribution in [1.82, 2.24) is 15.0 Å². The minimum absolute atomic E-state index is 0.0780. The van der Waals surface area contributed by atoms with Crippen LogP contribution in [-0.2, 0) is 17.8 Å². The summed E-state index contributed by atoms with van der Waals surface area (Å²) in [7, 11) is 0. The van der Waals surface area contributed by atoms with Crippen molar-refractivity contribution in [3.05, 3.63) is 41.7 Å². The maximum atomic E-state index is 13.3. The Balaban J connectivity index is 2.01. The molecule has 1 amide bonds. The number of halogens is 2. The van der Waals surface area contributed by atoms with Crippen LogP contribution in [0.5, 0.6) is 0 Å². The van der Waals surface area contributed by atoms with Crippen molar-refractivity contribution in [2.24, 2.45) is 0 Å². The van der Waals surface area contributed by atoms with Crippen LogP contribution in [0.4, 0.5) is 14.5 Å². The largest absolute Gasteiger partial charge is 0.396 e. The van der Waals surface area contributed by atoms with Gasteiger partial charge in [0.2, 0.25) is 5.91 Å². The molecule has 2 aromatic rings. The zero-order chi connectivity index (χ0) is 14.5. The average molecular weight is 282 g/mol. The van der Waals surface area contributed by atoms with E-state index in [2.05, 4.69) is 15.6 Å². The van der Waals surface area contributed by atoms with Crippen molar-refractivity contribution in [3.63, 3.8) is 0 Å². The summed E-state index contributed by atoms with van der Waals surface area (Å²) in [5, 5.41) is 18.3. The molecular formula is C12H12F2N4O2. The Morgan fingerprint density at radius 1 is 1.35 bits per heavy atom. The molecule has 0 saturated heterocycles. The van der Waals surface area contributed by atoms with Crippen LogP contribution in [0.3, 0.4) is 0 Å². The van der Waals surface area contributed by atoms with E-state index in [0.717, 1.165) is 12.1 Å². The second kappa shape index (κ2) is 6.20. The molecule has 8 heteroatoms. The molecule has 106 valence electrons. The van der Waals surface area contributed by atoms with Crippen molar-refractivity contribution in [1.29, 1.82) is 0 Å². The number of aliphatic hydroxyl groups excluding tert-OH is 1. The second-order valence-corrected chi connectivity index (χ2v) is 4.03. The van der Waals surface area contributed by atoms with Crippen LogP contribution in [0.2, 0.25) is 0 Å². The highest BCUT2D eigenvalue weighted by Crippen LogP contribution is 2.17. The van der Waals surface area contributed by atoms with Crippen LogP contribution in [0.15, 0.2) is 24.4 Å². The lowest BCUT2D eigenvalue weighted by Crippen LogP contribution is -2.20. The number of aromatic nitrogens is 3. The second-order valence-electron chi connectivity index (χ2n) is 4.03. The van der Waals surface area contributed by atoms with Crippen LogP contribution >= 0.6 is 0 Å². The van der Waals surface area contributed by atoms with Crippen LogP contribution < -0.4 is 5.32 Å². The minimum Gasteiger partial charge on any atom is -0.396 e. The molecule has 6 nitrogen and oxygen atoms in total. The third kappa shape index (κ3) is 3.35. The van der Waals surface area contributed by atoms with Gasteiger partial charge in [-0.3, -0.25) is 4.79 Å². The zero-order valence-electron chi connectivity index (χ0n) is 10.4. The number of anilines is 1. The zero-order valence-corrected chi connectivity index (χ0v) is 10.4. The normalized spacial score (nSPS) is 10.6. The Morgan fingerprint density at radius 2 is 2.05 bits per heavy atom. The van der Waals surface area contributed by atoms with Gasteiger partial charge in [0.25, 0.3) is 0 Å². The van der Waals surface area contributed by atoms with Gasteiger partial charge >= 0.3 is 0 Å². The summed E-state index contributed by atoms with van der Waals surface area (Å²) in [5.41, 5.74) is 0.0329. The van der Waals surface area contributed by atoms with Crippen molar-refractivity contribution < 1.29 is 18.7 Å². The maximum absolute atomic E-state index is 13.3. The Kier molecular flexibility index (Phi) is 4.36. The number of hydrogen-bond acceptors (Lipinski definition) is 4. The smallest absolute Gasteiger partial charge is 0.246 e. The molecule has 0 aliphatic rings. The van der Waals surface area contributed by atoms with Crippen molar-refractivity contribution in [3.8, 4) is 0 Å². The van der Waals surface area contributed by atoms with Gasteiger partial charge in [-0.1, -0.05) is 11.3 Å². The predicted octanol–water partition coefficient (Wildman–Crippen LogP) is 0.730. The first-order chi connectivity index (χ1) is 9.60. The Bertz CT molecular complexity index is 595. The number of carbonyl (C=O) groups is 1. The van der Waals surface area contributed by atoms with Crippen LogP contribution in [-0.4, -0.2) is 32.6 Å². The minimum atomic E-state index is -0.849. The lowest BCUT2D eigenvalue weighted by Gasteiger charge is -2.07. The lowest BCUT2D eigenvalue weighted by molar-refractivity contribution is -0.117. The molecule has 0 aliphatic carbocycles. The van der Waals surface area contributed by atoms with Crippen molar-refractivity contribution >= 4 is 11.6 Å². The Morgan fingerprint density at radius 3 is 2.70 bits per heavy atom. The summed E-state index contributed by atoms with van der Waals surface area (Å²) in [6, 6.07) is 3.31. The van der Waals surface area contributed by atoms with E-state index in [1.54, 1.807) is 0 Å². The van der Waals surface area contributed by atoms with Crippen molar-refractivity contribution in [2.45, 2.75) is 13.0 Å². The number of para-hydroxylation sites is 1. The third-order valence-corrected chi connectivity index (χ3v) is 2.49. The molecule has 0 unspecified atom stereocenters. The molecule has 1 aromatic heterocycles. The van der Waals surface area contributed by atoms with E-state index in [4.69, 9.17) is 5.11 Å². The van der Waals surface area contributed by atoms with Crippen LogP contribution in [0, 0.1) is 11.6 Å². The molecule has 2 N–H and O–H groups in total. The summed E-state index contributed by atoms with van der Waals surface area (Å²) in [6.45, 7) is -0.308. The van der Waals surface area contributed by atoms with E-state index in [9.17, 15) is 13.6 Å². The fraction of sp³-hybridized carbons (Fsp3) is 0.250. The highest BCUT2D eigenvalue weighted by atomic mass is 19.1. The molecule has 0 spiro atoms. The molecule has 0 fully saturated rings. The first-order valence-electron chi connectivity index (χ1n) is 5.84. The molecule has 0 atom stereocenters. The molecule has 0 radical (unpaired) electrons. The van der Waals surface area contributed by atoms with Gasteiger partial charge in [0.15, 0.2) is 0 Å². The molecule has 0 aliphatic heterocycles. The standard InChI is InChI=1S/C12H12F2N4O2/c13-9-2-1-3-10(14)12(9)15-11(20)7-18-6-8(4-5-19)16-17-18/h1-3,6,19H,4-5,7H2,(H,15,20). The number of nitrogens with zero attached hydrogens (tertiary/aromatic N) is 3. The number of benzene rings is 1. The van der Waals surface area contributed by atoms with E-state index in [1.165, 1.54) is 16.9 Å². The molecule has 1 aromatic carbocycles. The summed E-state index contributed by atoms with van der Waals surface area (Å²) in [5.74, 6) is -2.33. The number of hydrogen-bond donors (Lipinski definition) is 2. The van der Waals surface area contributed by atoms with E-state index < -0.39 is 23.2 Å². The molecule has 0 bridgehead atoms. The topological polar surface area (TPSA) is 80.0 Å². The first kappa shape index (κ1) is 14.1. The molecule has 2 rings (SSSR count). The van der Waals surface area contributed by atoms with Crippen LogP contribution in [0.25, 0.3) is 0 Å². The highest BCUT2D eigenvalue weighted by molar-refractivity contribution is 5.90. The molecule has 1 heterocycles. The average Bonchev–Trinajstić information content (AvgIpc) is 2.82. The van der Waals surface area contributed by atoms with Gasteiger partial charge in [-0.05, 0) is 12.1 Å². The number of carbonyl (C=O) groups excluding carboxylic acids is 1. The Hall–Kier alpha value is -2.35. The van der Waals surface area contributed by atoms with E-state index in [0.29, 0.717) is 12.1 Å². The maximum Gasteiger partial charge on any atom is 0.246 e. The summed E-state index contributed by atoms with van der Waals surface area (Å²) in [6.07, 6.45) is 1.80. The predicted molar refractivity (Wildman–Crippen MR) is 65.8 cm³/mol. The van der Waals surface area contributed by atoms with E-state index >= 15 is 0 Å². The monoisotopic (exact) mass is 282 g/mol. The fourth-order valence-corrected chi connectivity index (χ4v) is 1.59. The molecule has 20 heavy (non-hydrogen) atoms. The van der Waals surface area contributed by atoms with Gasteiger partial charge in [0.1, 0.15) is 23.9 Å². The quantitative estimate of drug-likeness (QED) is 0.847. The number of aliphatic hydroxyl groups is 1. The SMILES string of the molecule is O=C(Cn1cc(CCO)nn1)Nc1c(F)cccc1F. The molecular weight excluding hydrogens is 270 g/mol. The van der Waals surface area contributed by atoms with Gasteiger partial charge in [-0.25, -0.2) is 13.5 Å².